The van der Waals surface area contributed by atoms with E-state index in [9.17, 15) is 4.79 Å². The Kier molecular flexibility index (Phi) is 5.37. The van der Waals surface area contributed by atoms with Crippen LogP contribution in [-0.4, -0.2) is 19.2 Å². The molecule has 4 nitrogen and oxygen atoms in total. The summed E-state index contributed by atoms with van der Waals surface area (Å²) in [5.41, 5.74) is 0.884. The van der Waals surface area contributed by atoms with E-state index in [0.717, 1.165) is 22.2 Å². The molecule has 0 atom stereocenters. The summed E-state index contributed by atoms with van der Waals surface area (Å²) in [5.74, 6) is 0.239. The Bertz CT molecular complexity index is 440. The maximum absolute atomic E-state index is 11.1. The van der Waals surface area contributed by atoms with Crippen LogP contribution in [0, 0.1) is 17.6 Å². The van der Waals surface area contributed by atoms with Gasteiger partial charge in [-0.25, -0.2) is 4.79 Å². The van der Waals surface area contributed by atoms with Gasteiger partial charge in [0, 0.05) is 4.90 Å². The molecule has 90 valence electrons. The van der Waals surface area contributed by atoms with Gasteiger partial charge in [0.25, 0.3) is 0 Å². The van der Waals surface area contributed by atoms with Crippen LogP contribution >= 0.6 is 11.8 Å². The highest BCUT2D eigenvalue weighted by molar-refractivity contribution is 8.03. The molecule has 0 fully saturated rings. The van der Waals surface area contributed by atoms with Crippen molar-refractivity contribution in [2.75, 3.05) is 13.2 Å². The maximum atomic E-state index is 11.1. The average Bonchev–Trinajstić information content (AvgIpc) is 2.29. The van der Waals surface area contributed by atoms with E-state index in [-0.39, 0.29) is 12.6 Å². The van der Waals surface area contributed by atoms with Gasteiger partial charge in [-0.2, -0.15) is 5.26 Å². The van der Waals surface area contributed by atoms with E-state index in [1.807, 2.05) is 18.4 Å². The van der Waals surface area contributed by atoms with Crippen LogP contribution in [0.3, 0.4) is 0 Å². The number of thioether (sulfide) groups is 1. The second-order valence-corrected chi connectivity index (χ2v) is 4.07. The van der Waals surface area contributed by atoms with Crippen LogP contribution in [0.25, 0.3) is 0 Å². The quantitative estimate of drug-likeness (QED) is 0.457. The highest BCUT2D eigenvalue weighted by atomic mass is 32.2. The third kappa shape index (κ3) is 4.37. The van der Waals surface area contributed by atoms with E-state index in [4.69, 9.17) is 14.7 Å². The van der Waals surface area contributed by atoms with Crippen LogP contribution in [0.2, 0.25) is 0 Å². The minimum Gasteiger partial charge on any atom is -0.482 e. The fourth-order valence-electron chi connectivity index (χ4n) is 1.24. The first kappa shape index (κ1) is 13.4. The maximum Gasteiger partial charge on any atom is 0.344 e. The molecule has 17 heavy (non-hydrogen) atoms. The molecule has 0 N–H and O–H groups in total. The molecule has 0 aliphatic heterocycles. The molecule has 0 aliphatic rings. The molecule has 0 unspecified atom stereocenters. The lowest BCUT2D eigenvalue weighted by Gasteiger charge is -2.08. The summed E-state index contributed by atoms with van der Waals surface area (Å²) in [5, 5.41) is 10.5. The number of nitriles is 1. The molecule has 1 aromatic carbocycles. The third-order valence-electron chi connectivity index (χ3n) is 1.96. The van der Waals surface area contributed by atoms with Gasteiger partial charge >= 0.3 is 5.97 Å². The van der Waals surface area contributed by atoms with Crippen LogP contribution in [0.1, 0.15) is 12.5 Å². The topological polar surface area (TPSA) is 59.3 Å². The first-order valence-electron chi connectivity index (χ1n) is 5.12. The van der Waals surface area contributed by atoms with Gasteiger partial charge in [-0.3, -0.25) is 0 Å². The molecule has 0 amide bonds. The zero-order valence-electron chi connectivity index (χ0n) is 9.73. The van der Waals surface area contributed by atoms with Gasteiger partial charge in [-0.1, -0.05) is 0 Å². The summed E-state index contributed by atoms with van der Waals surface area (Å²) in [7, 11) is 0. The van der Waals surface area contributed by atoms with E-state index in [1.165, 1.54) is 0 Å². The summed E-state index contributed by atoms with van der Waals surface area (Å²) in [6.07, 6.45) is 0. The molecule has 0 heterocycles. The molecule has 0 saturated carbocycles. The van der Waals surface area contributed by atoms with Gasteiger partial charge in [0.2, 0.25) is 0 Å². The van der Waals surface area contributed by atoms with Crippen molar-refractivity contribution in [1.82, 2.24) is 0 Å². The van der Waals surface area contributed by atoms with Crippen molar-refractivity contribution >= 4 is 17.7 Å². The Morgan fingerprint density at radius 3 is 2.88 bits per heavy atom. The second-order valence-electron chi connectivity index (χ2n) is 3.21. The van der Waals surface area contributed by atoms with E-state index < -0.39 is 0 Å². The minimum atomic E-state index is -0.387. The Morgan fingerprint density at radius 1 is 1.53 bits per heavy atom. The Hall–Kier alpha value is -1.67. The number of esters is 1. The van der Waals surface area contributed by atoms with Crippen molar-refractivity contribution in [2.45, 2.75) is 18.7 Å². The number of ether oxygens (including phenoxy) is 2. The summed E-state index contributed by atoms with van der Waals surface area (Å²) < 4.78 is 10.1. The number of hydrogen-bond donors (Lipinski definition) is 0. The van der Waals surface area contributed by atoms with E-state index >= 15 is 0 Å². The molecule has 0 aromatic heterocycles. The number of benzene rings is 1. The lowest BCUT2D eigenvalue weighted by atomic mass is 10.2. The van der Waals surface area contributed by atoms with E-state index in [2.05, 4.69) is 0 Å². The van der Waals surface area contributed by atoms with Crippen LogP contribution in [0.4, 0.5) is 0 Å². The SMILES string of the molecule is CCOC(=O)COc1ccc(SC#N)cc1C. The predicted molar refractivity (Wildman–Crippen MR) is 64.8 cm³/mol. The van der Waals surface area contributed by atoms with Crippen molar-refractivity contribution < 1.29 is 14.3 Å². The van der Waals surface area contributed by atoms with Gasteiger partial charge in [0.1, 0.15) is 11.2 Å². The number of aryl methyl sites for hydroxylation is 1. The fraction of sp³-hybridized carbons (Fsp3) is 0.333. The monoisotopic (exact) mass is 251 g/mol. The van der Waals surface area contributed by atoms with Crippen LogP contribution in [0.15, 0.2) is 23.1 Å². The fourth-order valence-corrected chi connectivity index (χ4v) is 1.72. The van der Waals surface area contributed by atoms with Crippen molar-refractivity contribution in [3.8, 4) is 11.2 Å². The molecule has 0 saturated heterocycles. The average molecular weight is 251 g/mol. The number of rotatable bonds is 5. The van der Waals surface area contributed by atoms with Gasteiger partial charge in [0.05, 0.1) is 6.61 Å². The molecule has 0 aliphatic carbocycles. The molecule has 0 radical (unpaired) electrons. The van der Waals surface area contributed by atoms with E-state index in [1.54, 1.807) is 19.1 Å². The number of carbonyl (C=O) groups excluding carboxylic acids is 1. The van der Waals surface area contributed by atoms with Crippen molar-refractivity contribution in [3.05, 3.63) is 23.8 Å². The number of carbonyl (C=O) groups is 1. The highest BCUT2D eigenvalue weighted by Gasteiger charge is 2.06. The normalized spacial score (nSPS) is 9.47. The largest absolute Gasteiger partial charge is 0.482 e. The summed E-state index contributed by atoms with van der Waals surface area (Å²) in [6.45, 7) is 3.86. The van der Waals surface area contributed by atoms with Crippen LogP contribution in [0.5, 0.6) is 5.75 Å². The lowest BCUT2D eigenvalue weighted by Crippen LogP contribution is -2.14. The number of thiocyanates is 1. The van der Waals surface area contributed by atoms with Gasteiger partial charge in [0.15, 0.2) is 6.61 Å². The number of hydrogen-bond acceptors (Lipinski definition) is 5. The Labute approximate surface area is 105 Å². The molecule has 1 aromatic rings. The number of nitrogens with zero attached hydrogens (tertiary/aromatic N) is 1. The van der Waals surface area contributed by atoms with Gasteiger partial charge in [-0.05, 0) is 49.4 Å². The van der Waals surface area contributed by atoms with Crippen LogP contribution in [-0.2, 0) is 9.53 Å². The van der Waals surface area contributed by atoms with Gasteiger partial charge < -0.3 is 9.47 Å². The first-order valence-corrected chi connectivity index (χ1v) is 5.94. The van der Waals surface area contributed by atoms with Crippen molar-refractivity contribution in [3.63, 3.8) is 0 Å². The second kappa shape index (κ2) is 6.81. The molecule has 0 bridgehead atoms. The summed E-state index contributed by atoms with van der Waals surface area (Å²) >= 11 is 1.09. The Balaban J connectivity index is 2.61. The highest BCUT2D eigenvalue weighted by Crippen LogP contribution is 2.24. The molecular weight excluding hydrogens is 238 g/mol. The standard InChI is InChI=1S/C12H13NO3S/c1-3-15-12(14)7-16-11-5-4-10(17-8-13)6-9(11)2/h4-6H,3,7H2,1-2H3. The zero-order chi connectivity index (χ0) is 12.7. The van der Waals surface area contributed by atoms with Crippen LogP contribution < -0.4 is 4.74 Å². The molecular formula is C12H13NO3S. The smallest absolute Gasteiger partial charge is 0.344 e. The van der Waals surface area contributed by atoms with Crippen molar-refractivity contribution in [1.29, 1.82) is 5.26 Å². The third-order valence-corrected chi connectivity index (χ3v) is 2.54. The Morgan fingerprint density at radius 2 is 2.29 bits per heavy atom. The minimum absolute atomic E-state index is 0.0978. The summed E-state index contributed by atoms with van der Waals surface area (Å²) in [4.78, 5) is 12.0. The van der Waals surface area contributed by atoms with E-state index in [0.29, 0.717) is 12.4 Å². The summed E-state index contributed by atoms with van der Waals surface area (Å²) in [6, 6.07) is 5.37. The van der Waals surface area contributed by atoms with Crippen molar-refractivity contribution in [2.24, 2.45) is 0 Å². The zero-order valence-corrected chi connectivity index (χ0v) is 10.5. The lowest BCUT2D eigenvalue weighted by molar-refractivity contribution is -0.145. The molecule has 1 rings (SSSR count). The van der Waals surface area contributed by atoms with Gasteiger partial charge in [-0.15, -0.1) is 0 Å². The molecule has 0 spiro atoms. The first-order chi connectivity index (χ1) is 8.17. The predicted octanol–water partition coefficient (Wildman–Crippen LogP) is 2.51. The molecule has 5 heteroatoms.